The summed E-state index contributed by atoms with van der Waals surface area (Å²) in [6.07, 6.45) is 2.79. The van der Waals surface area contributed by atoms with Crippen LogP contribution in [-0.4, -0.2) is 10.9 Å². The van der Waals surface area contributed by atoms with Crippen molar-refractivity contribution in [2.45, 2.75) is 0 Å². The first kappa shape index (κ1) is 16.9. The average Bonchev–Trinajstić information content (AvgIpc) is 2.58. The van der Waals surface area contributed by atoms with Crippen LogP contribution in [0.1, 0.15) is 15.9 Å². The molecule has 0 aromatic heterocycles. The molecule has 0 unspecified atom stereocenters. The molecule has 0 fully saturated rings. The van der Waals surface area contributed by atoms with E-state index in [1.165, 1.54) is 24.3 Å². The zero-order chi connectivity index (χ0) is 16.3. The maximum absolute atomic E-state index is 12.2. The molecule has 2 rings (SSSR count). The zero-order valence-electron chi connectivity index (χ0n) is 11.0. The van der Waals surface area contributed by atoms with Gasteiger partial charge in [0.15, 0.2) is 11.5 Å². The zero-order valence-corrected chi connectivity index (χ0v) is 14.9. The summed E-state index contributed by atoms with van der Waals surface area (Å²) in [6.45, 7) is 0. The van der Waals surface area contributed by atoms with Crippen LogP contribution >= 0.6 is 43.5 Å². The fourth-order valence-electron chi connectivity index (χ4n) is 1.72. The van der Waals surface area contributed by atoms with Crippen molar-refractivity contribution in [3.05, 3.63) is 77.8 Å². The van der Waals surface area contributed by atoms with E-state index in [0.29, 0.717) is 15.1 Å². The third-order valence-electron chi connectivity index (χ3n) is 2.82. The number of ketones is 1. The molecule has 0 aliphatic carbocycles. The summed E-state index contributed by atoms with van der Waals surface area (Å²) in [7, 11) is 0. The van der Waals surface area contributed by atoms with Crippen molar-refractivity contribution in [2.75, 3.05) is 0 Å². The van der Waals surface area contributed by atoms with E-state index in [0.717, 1.165) is 0 Å². The summed E-state index contributed by atoms with van der Waals surface area (Å²) >= 11 is 12.3. The molecule has 0 saturated carbocycles. The van der Waals surface area contributed by atoms with Gasteiger partial charge in [0.05, 0.1) is 10.0 Å². The molecule has 0 radical (unpaired) electrons. The number of hydrogen-bond donors (Lipinski definition) is 1. The van der Waals surface area contributed by atoms with Crippen molar-refractivity contribution in [3.8, 4) is 5.75 Å². The topological polar surface area (TPSA) is 54.4 Å². The second-order valence-corrected chi connectivity index (χ2v) is 6.51. The van der Waals surface area contributed by atoms with Gasteiger partial charge in [0.1, 0.15) is 0 Å². The Morgan fingerprint density at radius 1 is 1.18 bits per heavy atom. The van der Waals surface area contributed by atoms with Crippen LogP contribution in [0.15, 0.2) is 56.2 Å². The van der Waals surface area contributed by atoms with Gasteiger partial charge in [-0.25, -0.2) is 0 Å². The van der Waals surface area contributed by atoms with Crippen LogP contribution in [0.3, 0.4) is 0 Å². The number of rotatable bonds is 3. The van der Waals surface area contributed by atoms with Crippen LogP contribution in [0, 0.1) is 0 Å². The van der Waals surface area contributed by atoms with Gasteiger partial charge >= 0.3 is 0 Å². The summed E-state index contributed by atoms with van der Waals surface area (Å²) < 4.78 is 0.650. The van der Waals surface area contributed by atoms with Crippen LogP contribution in [0.4, 0.5) is 0 Å². The van der Waals surface area contributed by atoms with Crippen molar-refractivity contribution in [3.63, 3.8) is 0 Å². The molecule has 0 amide bonds. The number of benzene rings is 1. The Kier molecular flexibility index (Phi) is 5.56. The molecule has 22 heavy (non-hydrogen) atoms. The lowest BCUT2D eigenvalue weighted by Crippen LogP contribution is -2.03. The number of allylic oxidation sites excluding steroid dienone is 1. The van der Waals surface area contributed by atoms with Crippen molar-refractivity contribution in [2.24, 2.45) is 0 Å². The van der Waals surface area contributed by atoms with Crippen molar-refractivity contribution >= 4 is 55.3 Å². The fraction of sp³-hybridized carbons (Fsp3) is 0. The maximum atomic E-state index is 12.2. The number of aromatic hydroxyl groups is 1. The molecule has 0 saturated heterocycles. The third kappa shape index (κ3) is 3.85. The Balaban J connectivity index is 2.46. The molecule has 1 N–H and O–H groups in total. The first-order chi connectivity index (χ1) is 10.4. The van der Waals surface area contributed by atoms with E-state index < -0.39 is 17.0 Å². The number of hydrogen-bond acceptors (Lipinski definition) is 3. The molecule has 0 bridgehead atoms. The second-order valence-electron chi connectivity index (χ2n) is 4.33. The quantitative estimate of drug-likeness (QED) is 0.545. The molecular weight excluding hydrogens is 435 g/mol. The van der Waals surface area contributed by atoms with Gasteiger partial charge in [-0.3, -0.25) is 9.59 Å². The summed E-state index contributed by atoms with van der Waals surface area (Å²) in [5.74, 6) is -1.11. The van der Waals surface area contributed by atoms with E-state index in [-0.39, 0.29) is 10.0 Å². The van der Waals surface area contributed by atoms with Gasteiger partial charge in [0.25, 0.3) is 0 Å². The third-order valence-corrected chi connectivity index (χ3v) is 4.21. The molecule has 0 aliphatic heterocycles. The van der Waals surface area contributed by atoms with E-state index in [9.17, 15) is 14.7 Å². The lowest BCUT2D eigenvalue weighted by Gasteiger charge is -1.98. The van der Waals surface area contributed by atoms with Gasteiger partial charge in [-0.15, -0.1) is 0 Å². The van der Waals surface area contributed by atoms with Gasteiger partial charge in [0, 0.05) is 9.50 Å². The fourth-order valence-corrected chi connectivity index (χ4v) is 3.12. The van der Waals surface area contributed by atoms with E-state index in [4.69, 9.17) is 11.6 Å². The van der Waals surface area contributed by atoms with Crippen molar-refractivity contribution in [1.29, 1.82) is 0 Å². The van der Waals surface area contributed by atoms with Gasteiger partial charge in [0.2, 0.25) is 5.43 Å². The summed E-state index contributed by atoms with van der Waals surface area (Å²) in [6, 6.07) is 9.89. The van der Waals surface area contributed by atoms with Crippen LogP contribution < -0.4 is 5.43 Å². The van der Waals surface area contributed by atoms with Crippen molar-refractivity contribution < 1.29 is 9.90 Å². The van der Waals surface area contributed by atoms with E-state index >= 15 is 0 Å². The minimum absolute atomic E-state index is 0.0918. The molecular formula is C16H9Br2ClO3. The first-order valence-electron chi connectivity index (χ1n) is 6.09. The minimum atomic E-state index is -0.653. The molecule has 6 heteroatoms. The largest absolute Gasteiger partial charge is 0.504 e. The Morgan fingerprint density at radius 2 is 1.86 bits per heavy atom. The Bertz CT molecular complexity index is 832. The highest BCUT2D eigenvalue weighted by Gasteiger charge is 2.13. The predicted molar refractivity (Wildman–Crippen MR) is 94.6 cm³/mol. The lowest BCUT2D eigenvalue weighted by atomic mass is 10.1. The monoisotopic (exact) mass is 442 g/mol. The van der Waals surface area contributed by atoms with Gasteiger partial charge in [-0.2, -0.15) is 0 Å². The lowest BCUT2D eigenvalue weighted by molar-refractivity contribution is 0.104. The average molecular weight is 445 g/mol. The van der Waals surface area contributed by atoms with Crippen molar-refractivity contribution in [1.82, 2.24) is 0 Å². The van der Waals surface area contributed by atoms with Crippen LogP contribution in [0.5, 0.6) is 5.75 Å². The van der Waals surface area contributed by atoms with E-state index in [2.05, 4.69) is 31.9 Å². The van der Waals surface area contributed by atoms with Crippen LogP contribution in [0.2, 0.25) is 5.02 Å². The SMILES string of the molecule is O=C(/C=C/c1ccccc1Cl)c1cc(Br)cc(Br)c(=O)c1O. The highest BCUT2D eigenvalue weighted by molar-refractivity contribution is 9.11. The Labute approximate surface area is 148 Å². The van der Waals surface area contributed by atoms with E-state index in [1.807, 2.05) is 0 Å². The number of carbonyl (C=O) groups is 1. The molecule has 0 atom stereocenters. The second kappa shape index (κ2) is 7.22. The Hall–Kier alpha value is -1.43. The molecule has 0 heterocycles. The molecule has 2 aromatic carbocycles. The number of halogens is 3. The first-order valence-corrected chi connectivity index (χ1v) is 8.06. The molecule has 0 aliphatic rings. The maximum Gasteiger partial charge on any atom is 0.235 e. The summed E-state index contributed by atoms with van der Waals surface area (Å²) in [4.78, 5) is 24.1. The van der Waals surface area contributed by atoms with Crippen LogP contribution in [0.25, 0.3) is 6.08 Å². The molecule has 0 spiro atoms. The molecule has 112 valence electrons. The molecule has 2 aromatic rings. The summed E-state index contributed by atoms with van der Waals surface area (Å²) in [5, 5.41) is 10.4. The number of carbonyl (C=O) groups excluding carboxylic acids is 1. The smallest absolute Gasteiger partial charge is 0.235 e. The normalized spacial score (nSPS) is 10.9. The summed E-state index contributed by atoms with van der Waals surface area (Å²) in [5.41, 5.74) is -0.0778. The van der Waals surface area contributed by atoms with E-state index in [1.54, 1.807) is 24.3 Å². The Morgan fingerprint density at radius 3 is 2.55 bits per heavy atom. The standard InChI is InChI=1S/C16H9Br2ClO3/c17-10-7-11(15(21)16(22)12(18)8-10)14(20)6-5-9-3-1-2-4-13(9)19/h1-8H,(H,21,22)/b6-5+. The molecule has 3 nitrogen and oxygen atoms in total. The van der Waals surface area contributed by atoms with Crippen LogP contribution in [-0.2, 0) is 0 Å². The van der Waals surface area contributed by atoms with Gasteiger partial charge in [-0.1, -0.05) is 45.7 Å². The predicted octanol–water partition coefficient (Wildman–Crippen LogP) is 4.83. The van der Waals surface area contributed by atoms with Gasteiger partial charge < -0.3 is 5.11 Å². The highest BCUT2D eigenvalue weighted by Crippen LogP contribution is 2.22. The minimum Gasteiger partial charge on any atom is -0.504 e. The van der Waals surface area contributed by atoms with Gasteiger partial charge in [-0.05, 0) is 51.8 Å². The highest BCUT2D eigenvalue weighted by atomic mass is 79.9.